The van der Waals surface area contributed by atoms with Crippen LogP contribution in [0.15, 0.2) is 6.07 Å². The molecule has 1 aromatic heterocycles. The van der Waals surface area contributed by atoms with E-state index in [1.807, 2.05) is 6.92 Å². The Balaban J connectivity index is 2.20. The maximum Gasteiger partial charge on any atom is 0.341 e. The van der Waals surface area contributed by atoms with E-state index in [4.69, 9.17) is 9.47 Å². The van der Waals surface area contributed by atoms with Gasteiger partial charge in [-0.05, 0) is 32.8 Å². The molecule has 0 aliphatic carbocycles. The fourth-order valence-corrected chi connectivity index (χ4v) is 4.76. The van der Waals surface area contributed by atoms with Gasteiger partial charge in [-0.15, -0.1) is 11.3 Å². The van der Waals surface area contributed by atoms with E-state index in [0.717, 1.165) is 4.88 Å². The molecular formula is C13H19NO5S2. The zero-order valence-electron chi connectivity index (χ0n) is 12.0. The molecule has 0 bridgehead atoms. The topological polar surface area (TPSA) is 81.7 Å². The van der Waals surface area contributed by atoms with Gasteiger partial charge in [0.2, 0.25) is 10.0 Å². The summed E-state index contributed by atoms with van der Waals surface area (Å²) in [6.07, 6.45) is 0.933. The first-order valence-corrected chi connectivity index (χ1v) is 9.17. The SMILES string of the molecule is CCOC(=O)c1cc(C)sc1NS(=O)(=O)C1CCOCC1. The number of hydrogen-bond donors (Lipinski definition) is 1. The molecule has 0 saturated carbocycles. The molecule has 8 heteroatoms. The van der Waals surface area contributed by atoms with E-state index in [-0.39, 0.29) is 12.2 Å². The molecule has 1 aliphatic heterocycles. The minimum Gasteiger partial charge on any atom is -0.462 e. The summed E-state index contributed by atoms with van der Waals surface area (Å²) in [5.41, 5.74) is 0.273. The van der Waals surface area contributed by atoms with Crippen LogP contribution in [0.4, 0.5) is 5.00 Å². The molecule has 6 nitrogen and oxygen atoms in total. The molecule has 118 valence electrons. The molecule has 2 rings (SSSR count). The maximum atomic E-state index is 12.4. The molecule has 1 saturated heterocycles. The van der Waals surface area contributed by atoms with E-state index in [0.29, 0.717) is 31.1 Å². The van der Waals surface area contributed by atoms with Gasteiger partial charge in [0.1, 0.15) is 5.00 Å². The summed E-state index contributed by atoms with van der Waals surface area (Å²) in [5.74, 6) is -0.508. The van der Waals surface area contributed by atoms with Crippen molar-refractivity contribution >= 4 is 32.3 Å². The maximum absolute atomic E-state index is 12.4. The van der Waals surface area contributed by atoms with Crippen molar-refractivity contribution in [1.29, 1.82) is 0 Å². The first kappa shape index (κ1) is 16.3. The van der Waals surface area contributed by atoms with Crippen molar-refractivity contribution in [3.05, 3.63) is 16.5 Å². The summed E-state index contributed by atoms with van der Waals surface area (Å²) in [6.45, 7) is 4.67. The summed E-state index contributed by atoms with van der Waals surface area (Å²) in [6, 6.07) is 1.64. The van der Waals surface area contributed by atoms with E-state index < -0.39 is 21.2 Å². The predicted molar refractivity (Wildman–Crippen MR) is 81.4 cm³/mol. The van der Waals surface area contributed by atoms with Gasteiger partial charge in [0.25, 0.3) is 0 Å². The van der Waals surface area contributed by atoms with Gasteiger partial charge in [0.05, 0.1) is 17.4 Å². The molecule has 0 unspecified atom stereocenters. The van der Waals surface area contributed by atoms with Crippen LogP contribution in [0, 0.1) is 6.92 Å². The van der Waals surface area contributed by atoms with Crippen LogP contribution in [-0.2, 0) is 19.5 Å². The second-order valence-corrected chi connectivity index (χ2v) is 8.00. The highest BCUT2D eigenvalue weighted by Gasteiger charge is 2.29. The Morgan fingerprint density at radius 3 is 2.76 bits per heavy atom. The number of sulfonamides is 1. The molecule has 0 atom stereocenters. The predicted octanol–water partition coefficient (Wildman–Crippen LogP) is 2.15. The summed E-state index contributed by atoms with van der Waals surface area (Å²) in [7, 11) is -3.52. The zero-order chi connectivity index (χ0) is 15.5. The third-order valence-corrected chi connectivity index (χ3v) is 6.13. The molecular weight excluding hydrogens is 314 g/mol. The van der Waals surface area contributed by atoms with Crippen molar-refractivity contribution in [3.8, 4) is 0 Å². The molecule has 21 heavy (non-hydrogen) atoms. The highest BCUT2D eigenvalue weighted by atomic mass is 32.2. The Labute approximate surface area is 128 Å². The third-order valence-electron chi connectivity index (χ3n) is 3.19. The van der Waals surface area contributed by atoms with Gasteiger partial charge in [-0.1, -0.05) is 0 Å². The number of esters is 1. The van der Waals surface area contributed by atoms with E-state index in [9.17, 15) is 13.2 Å². The molecule has 0 radical (unpaired) electrons. The lowest BCUT2D eigenvalue weighted by Gasteiger charge is -2.22. The van der Waals surface area contributed by atoms with Gasteiger partial charge < -0.3 is 9.47 Å². The zero-order valence-corrected chi connectivity index (χ0v) is 13.7. The van der Waals surface area contributed by atoms with Gasteiger partial charge in [0.15, 0.2) is 0 Å². The fraction of sp³-hybridized carbons (Fsp3) is 0.615. The molecule has 0 spiro atoms. The molecule has 1 aliphatic rings. The van der Waals surface area contributed by atoms with Crippen molar-refractivity contribution in [2.45, 2.75) is 31.9 Å². The van der Waals surface area contributed by atoms with Gasteiger partial charge in [-0.25, -0.2) is 13.2 Å². The number of carbonyl (C=O) groups excluding carboxylic acids is 1. The lowest BCUT2D eigenvalue weighted by molar-refractivity contribution is 0.0528. The Morgan fingerprint density at radius 1 is 1.48 bits per heavy atom. The standard InChI is InChI=1S/C13H19NO5S2/c1-3-19-13(15)11-8-9(2)20-12(11)14-21(16,17)10-4-6-18-7-5-10/h8,10,14H,3-7H2,1-2H3. The molecule has 0 amide bonds. The lowest BCUT2D eigenvalue weighted by Crippen LogP contribution is -2.33. The van der Waals surface area contributed by atoms with Crippen LogP contribution in [0.2, 0.25) is 0 Å². The molecule has 1 fully saturated rings. The number of anilines is 1. The number of rotatable bonds is 5. The molecule has 1 aromatic rings. The van der Waals surface area contributed by atoms with E-state index in [2.05, 4.69) is 4.72 Å². The van der Waals surface area contributed by atoms with Crippen LogP contribution >= 0.6 is 11.3 Å². The van der Waals surface area contributed by atoms with E-state index in [1.165, 1.54) is 11.3 Å². The van der Waals surface area contributed by atoms with E-state index in [1.54, 1.807) is 13.0 Å². The van der Waals surface area contributed by atoms with Gasteiger partial charge >= 0.3 is 5.97 Å². The first-order chi connectivity index (χ1) is 9.94. The Hall–Kier alpha value is -1.12. The summed E-state index contributed by atoms with van der Waals surface area (Å²) in [5, 5.41) is -0.152. The second kappa shape index (κ2) is 6.76. The number of aryl methyl sites for hydroxylation is 1. The smallest absolute Gasteiger partial charge is 0.341 e. The Kier molecular flexibility index (Phi) is 5.23. The molecule has 2 heterocycles. The summed E-state index contributed by atoms with van der Waals surface area (Å²) in [4.78, 5) is 12.7. The Morgan fingerprint density at radius 2 is 2.14 bits per heavy atom. The highest BCUT2D eigenvalue weighted by Crippen LogP contribution is 2.30. The quantitative estimate of drug-likeness (QED) is 0.835. The number of carbonyl (C=O) groups is 1. The average Bonchev–Trinajstić information content (AvgIpc) is 2.80. The number of hydrogen-bond acceptors (Lipinski definition) is 6. The van der Waals surface area contributed by atoms with Crippen LogP contribution in [0.1, 0.15) is 35.0 Å². The van der Waals surface area contributed by atoms with Crippen molar-refractivity contribution in [3.63, 3.8) is 0 Å². The largest absolute Gasteiger partial charge is 0.462 e. The number of ether oxygens (including phenoxy) is 2. The highest BCUT2D eigenvalue weighted by molar-refractivity contribution is 7.93. The Bertz CT molecular complexity index is 602. The summed E-state index contributed by atoms with van der Waals surface area (Å²) < 4.78 is 37.5. The number of thiophene rings is 1. The van der Waals surface area contributed by atoms with Crippen molar-refractivity contribution in [2.24, 2.45) is 0 Å². The van der Waals surface area contributed by atoms with Crippen LogP contribution in [0.5, 0.6) is 0 Å². The van der Waals surface area contributed by atoms with Crippen molar-refractivity contribution < 1.29 is 22.7 Å². The van der Waals surface area contributed by atoms with Crippen molar-refractivity contribution in [2.75, 3.05) is 24.5 Å². The minimum absolute atomic E-state index is 0.250. The van der Waals surface area contributed by atoms with Crippen LogP contribution in [0.3, 0.4) is 0 Å². The van der Waals surface area contributed by atoms with Gasteiger partial charge in [0, 0.05) is 18.1 Å². The molecule has 1 N–H and O–H groups in total. The van der Waals surface area contributed by atoms with Gasteiger partial charge in [-0.3, -0.25) is 4.72 Å². The first-order valence-electron chi connectivity index (χ1n) is 6.81. The van der Waals surface area contributed by atoms with Crippen LogP contribution < -0.4 is 4.72 Å². The van der Waals surface area contributed by atoms with Crippen LogP contribution in [0.25, 0.3) is 0 Å². The normalized spacial score (nSPS) is 16.7. The van der Waals surface area contributed by atoms with Gasteiger partial charge in [-0.2, -0.15) is 0 Å². The monoisotopic (exact) mass is 333 g/mol. The van der Waals surface area contributed by atoms with Crippen molar-refractivity contribution in [1.82, 2.24) is 0 Å². The average molecular weight is 333 g/mol. The lowest BCUT2D eigenvalue weighted by atomic mass is 10.2. The fourth-order valence-electron chi connectivity index (χ4n) is 2.15. The minimum atomic E-state index is -3.52. The third kappa shape index (κ3) is 3.96. The second-order valence-electron chi connectivity index (χ2n) is 4.78. The summed E-state index contributed by atoms with van der Waals surface area (Å²) >= 11 is 1.24. The van der Waals surface area contributed by atoms with E-state index >= 15 is 0 Å². The molecule has 0 aromatic carbocycles. The van der Waals surface area contributed by atoms with Crippen LogP contribution in [-0.4, -0.2) is 39.5 Å². The number of nitrogens with one attached hydrogen (secondary N) is 1.